The van der Waals surface area contributed by atoms with Crippen molar-refractivity contribution in [2.75, 3.05) is 0 Å². The Hall–Kier alpha value is -1.26. The first-order chi connectivity index (χ1) is 12.1. The van der Waals surface area contributed by atoms with Crippen molar-refractivity contribution in [3.8, 4) is 0 Å². The van der Waals surface area contributed by atoms with Gasteiger partial charge in [-0.1, -0.05) is 13.8 Å². The molecule has 0 aromatic carbocycles. The van der Waals surface area contributed by atoms with Gasteiger partial charge in [-0.2, -0.15) is 0 Å². The van der Waals surface area contributed by atoms with E-state index in [4.69, 9.17) is 23.7 Å². The van der Waals surface area contributed by atoms with Crippen molar-refractivity contribution in [3.63, 3.8) is 0 Å². The lowest BCUT2D eigenvalue weighted by molar-refractivity contribution is -0.481. The van der Waals surface area contributed by atoms with Crippen molar-refractivity contribution in [2.45, 2.75) is 82.3 Å². The first-order valence-electron chi connectivity index (χ1n) is 8.89. The van der Waals surface area contributed by atoms with Crippen LogP contribution in [0.3, 0.4) is 0 Å². The number of hydrogen-bond acceptors (Lipinski definition) is 9. The molecular formula is C17H22O9. The summed E-state index contributed by atoms with van der Waals surface area (Å²) in [6.07, 6.45) is -4.99. The molecule has 0 aromatic heterocycles. The van der Waals surface area contributed by atoms with Crippen LogP contribution in [0, 0.1) is 10.8 Å². The first-order valence-corrected chi connectivity index (χ1v) is 8.89. The van der Waals surface area contributed by atoms with Gasteiger partial charge in [0.2, 0.25) is 5.60 Å². The molecule has 2 aliphatic carbocycles. The van der Waals surface area contributed by atoms with Crippen LogP contribution >= 0.6 is 0 Å². The van der Waals surface area contributed by atoms with Gasteiger partial charge in [0.15, 0.2) is 6.10 Å². The van der Waals surface area contributed by atoms with Crippen LogP contribution in [0.5, 0.6) is 0 Å². The summed E-state index contributed by atoms with van der Waals surface area (Å²) < 4.78 is 27.3. The molecule has 0 aromatic rings. The summed E-state index contributed by atoms with van der Waals surface area (Å²) in [6.45, 7) is 4.46. The van der Waals surface area contributed by atoms with Gasteiger partial charge in [0.25, 0.3) is 6.48 Å². The van der Waals surface area contributed by atoms with Gasteiger partial charge < -0.3 is 33.9 Å². The SMILES string of the molecule is CC1(C)[C@@]2(C)CC[C@]1(C(=O)OC1[C@H]3OC4OC([C@H]3O)[C@@H](O)[C@H]1O4)OC2=O. The van der Waals surface area contributed by atoms with Gasteiger partial charge >= 0.3 is 11.9 Å². The lowest BCUT2D eigenvalue weighted by atomic mass is 9.66. The third kappa shape index (κ3) is 1.65. The Labute approximate surface area is 149 Å². The maximum Gasteiger partial charge on any atom is 0.351 e. The van der Waals surface area contributed by atoms with Gasteiger partial charge in [0, 0.05) is 5.41 Å². The fraction of sp³-hybridized carbons (Fsp3) is 0.882. The number of carbonyl (C=O) groups excluding carboxylic acids is 2. The van der Waals surface area contributed by atoms with E-state index in [0.29, 0.717) is 12.8 Å². The lowest BCUT2D eigenvalue weighted by Crippen LogP contribution is -2.76. The molecule has 9 atom stereocenters. The summed E-state index contributed by atoms with van der Waals surface area (Å²) in [6, 6.07) is 0. The molecule has 0 radical (unpaired) electrons. The zero-order chi connectivity index (χ0) is 18.6. The zero-order valence-electron chi connectivity index (χ0n) is 14.7. The van der Waals surface area contributed by atoms with E-state index in [0.717, 1.165) is 0 Å². The molecule has 6 rings (SSSR count). The Morgan fingerprint density at radius 1 is 1.04 bits per heavy atom. The van der Waals surface area contributed by atoms with Gasteiger partial charge in [-0.3, -0.25) is 4.79 Å². The molecule has 4 aliphatic heterocycles. The van der Waals surface area contributed by atoms with E-state index in [-0.39, 0.29) is 0 Å². The number of esters is 2. The first kappa shape index (κ1) is 16.9. The Morgan fingerprint density at radius 3 is 2.12 bits per heavy atom. The van der Waals surface area contributed by atoms with Crippen LogP contribution in [0.1, 0.15) is 33.6 Å². The van der Waals surface area contributed by atoms with Crippen molar-refractivity contribution >= 4 is 11.9 Å². The lowest BCUT2D eigenvalue weighted by Gasteiger charge is -2.56. The molecule has 0 spiro atoms. The number of hydrogen-bond donors (Lipinski definition) is 2. The van der Waals surface area contributed by atoms with E-state index in [1.54, 1.807) is 6.92 Å². The minimum absolute atomic E-state index is 0.365. The zero-order valence-corrected chi connectivity index (χ0v) is 14.7. The number of carbonyl (C=O) groups is 2. The van der Waals surface area contributed by atoms with Crippen LogP contribution in [0.15, 0.2) is 0 Å². The third-order valence-electron chi connectivity index (χ3n) is 7.46. The summed E-state index contributed by atoms with van der Waals surface area (Å²) in [5, 5.41) is 20.6. The predicted octanol–water partition coefficient (Wildman–Crippen LogP) is -0.778. The Kier molecular flexibility index (Phi) is 3.10. The second-order valence-corrected chi connectivity index (χ2v) is 8.62. The molecule has 144 valence electrons. The van der Waals surface area contributed by atoms with Crippen LogP contribution in [-0.2, 0) is 33.3 Å². The summed E-state index contributed by atoms with van der Waals surface area (Å²) in [4.78, 5) is 25.5. The summed E-state index contributed by atoms with van der Waals surface area (Å²) in [7, 11) is 0. The molecule has 26 heavy (non-hydrogen) atoms. The van der Waals surface area contributed by atoms with Crippen LogP contribution in [0.25, 0.3) is 0 Å². The molecule has 9 heteroatoms. The summed E-state index contributed by atoms with van der Waals surface area (Å²) in [5.74, 6) is -1.10. The van der Waals surface area contributed by atoms with Crippen LogP contribution < -0.4 is 0 Å². The highest BCUT2D eigenvalue weighted by Crippen LogP contribution is 2.66. The predicted molar refractivity (Wildman–Crippen MR) is 80.2 cm³/mol. The monoisotopic (exact) mass is 370 g/mol. The molecule has 0 amide bonds. The highest BCUT2D eigenvalue weighted by Gasteiger charge is 2.77. The largest absolute Gasteiger partial charge is 0.454 e. The average molecular weight is 370 g/mol. The number of aliphatic hydroxyl groups is 2. The second kappa shape index (κ2) is 4.77. The Bertz CT molecular complexity index is 672. The maximum atomic E-state index is 13.1. The van der Waals surface area contributed by atoms with E-state index in [2.05, 4.69) is 0 Å². The number of fused-ring (bicyclic) bond motifs is 2. The summed E-state index contributed by atoms with van der Waals surface area (Å²) >= 11 is 0. The van der Waals surface area contributed by atoms with Crippen LogP contribution in [0.2, 0.25) is 0 Å². The van der Waals surface area contributed by atoms with Crippen LogP contribution in [0.4, 0.5) is 0 Å². The number of aliphatic hydroxyl groups excluding tert-OH is 2. The minimum atomic E-state index is -1.39. The van der Waals surface area contributed by atoms with Crippen molar-refractivity contribution in [3.05, 3.63) is 0 Å². The van der Waals surface area contributed by atoms with E-state index in [1.165, 1.54) is 0 Å². The quantitative estimate of drug-likeness (QED) is 0.603. The highest BCUT2D eigenvalue weighted by atomic mass is 16.9. The summed E-state index contributed by atoms with van der Waals surface area (Å²) in [5.41, 5.74) is -2.89. The molecule has 6 fully saturated rings. The normalized spacial score (nSPS) is 55.9. The van der Waals surface area contributed by atoms with Gasteiger partial charge in [0.1, 0.15) is 30.5 Å². The van der Waals surface area contributed by atoms with Crippen molar-refractivity contribution in [2.24, 2.45) is 10.8 Å². The molecule has 3 unspecified atom stereocenters. The van der Waals surface area contributed by atoms with Gasteiger partial charge in [0.05, 0.1) is 5.41 Å². The van der Waals surface area contributed by atoms with Gasteiger partial charge in [-0.25, -0.2) is 4.79 Å². The van der Waals surface area contributed by atoms with Gasteiger partial charge in [-0.05, 0) is 19.8 Å². The van der Waals surface area contributed by atoms with Gasteiger partial charge in [-0.15, -0.1) is 0 Å². The number of rotatable bonds is 2. The average Bonchev–Trinajstić information content (AvgIpc) is 2.88. The van der Waals surface area contributed by atoms with Crippen LogP contribution in [-0.4, -0.2) is 70.9 Å². The van der Waals surface area contributed by atoms with E-state index >= 15 is 0 Å². The highest BCUT2D eigenvalue weighted by molar-refractivity contribution is 5.93. The van der Waals surface area contributed by atoms with E-state index < -0.39 is 71.5 Å². The molecular weight excluding hydrogens is 348 g/mol. The van der Waals surface area contributed by atoms with Crippen molar-refractivity contribution < 1.29 is 43.5 Å². The van der Waals surface area contributed by atoms with E-state index in [9.17, 15) is 19.8 Å². The molecule has 4 saturated heterocycles. The van der Waals surface area contributed by atoms with E-state index in [1.807, 2.05) is 13.8 Å². The van der Waals surface area contributed by atoms with Crippen molar-refractivity contribution in [1.82, 2.24) is 0 Å². The Morgan fingerprint density at radius 2 is 1.62 bits per heavy atom. The molecule has 4 heterocycles. The third-order valence-corrected chi connectivity index (χ3v) is 7.46. The standard InChI is InChI=1S/C17H22O9/c1-15(2)16(3)4-5-17(15,26-12(16)20)13(21)22-11-9-6(18)8-7(19)10(11)25-14(23-8)24-9/h6-11,14,18-19H,4-5H2,1-3H3/t6-,7-,8?,9-,10+,11?,14?,16+,17-/m1/s1. The maximum absolute atomic E-state index is 13.1. The second-order valence-electron chi connectivity index (χ2n) is 8.62. The topological polar surface area (TPSA) is 121 Å². The molecule has 9 nitrogen and oxygen atoms in total. The number of ether oxygens (including phenoxy) is 5. The minimum Gasteiger partial charge on any atom is -0.454 e. The fourth-order valence-electron chi connectivity index (χ4n) is 5.16. The molecule has 2 N–H and O–H groups in total. The smallest absolute Gasteiger partial charge is 0.351 e. The van der Waals surface area contributed by atoms with Crippen molar-refractivity contribution in [1.29, 1.82) is 0 Å². The molecule has 6 bridgehead atoms. The fourth-order valence-corrected chi connectivity index (χ4v) is 5.16. The molecule has 2 saturated carbocycles. The Balaban J connectivity index is 1.44. The molecule has 6 aliphatic rings.